The highest BCUT2D eigenvalue weighted by Gasteiger charge is 2.29. The van der Waals surface area contributed by atoms with Crippen molar-refractivity contribution in [3.05, 3.63) is 35.9 Å². The van der Waals surface area contributed by atoms with Crippen LogP contribution in [0.4, 0.5) is 0 Å². The van der Waals surface area contributed by atoms with Crippen molar-refractivity contribution in [2.45, 2.75) is 38.1 Å². The molecule has 0 bridgehead atoms. The summed E-state index contributed by atoms with van der Waals surface area (Å²) in [6, 6.07) is 8.16. The van der Waals surface area contributed by atoms with Crippen molar-refractivity contribution in [2.24, 2.45) is 0 Å². The molecule has 0 saturated carbocycles. The minimum absolute atomic E-state index is 0.144. The first kappa shape index (κ1) is 17.0. The van der Waals surface area contributed by atoms with Crippen LogP contribution in [0.1, 0.15) is 37.7 Å². The van der Waals surface area contributed by atoms with Gasteiger partial charge in [-0.2, -0.15) is 0 Å². The summed E-state index contributed by atoms with van der Waals surface area (Å²) in [7, 11) is 1.66. The van der Waals surface area contributed by atoms with Gasteiger partial charge in [0, 0.05) is 25.2 Å². The van der Waals surface area contributed by atoms with E-state index in [-0.39, 0.29) is 5.91 Å². The van der Waals surface area contributed by atoms with Crippen LogP contribution in [0.3, 0.4) is 0 Å². The van der Waals surface area contributed by atoms with Crippen molar-refractivity contribution in [2.75, 3.05) is 33.3 Å². The molecule has 3 rings (SSSR count). The molecule has 1 amide bonds. The lowest BCUT2D eigenvalue weighted by Crippen LogP contribution is -2.44. The second kappa shape index (κ2) is 8.34. The van der Waals surface area contributed by atoms with Crippen LogP contribution >= 0.6 is 0 Å². The van der Waals surface area contributed by atoms with Gasteiger partial charge in [0.25, 0.3) is 0 Å². The Morgan fingerprint density at radius 1 is 1.12 bits per heavy atom. The maximum atomic E-state index is 12.6. The monoisotopic (exact) mass is 328 g/mol. The fraction of sp³-hybridized carbons (Fsp3) is 0.550. The summed E-state index contributed by atoms with van der Waals surface area (Å²) in [5, 5.41) is 0. The number of methoxy groups -OCH3 is 1. The van der Waals surface area contributed by atoms with Crippen molar-refractivity contribution in [3.63, 3.8) is 0 Å². The normalized spacial score (nSPS) is 22.2. The van der Waals surface area contributed by atoms with E-state index in [1.54, 1.807) is 13.2 Å². The molecule has 24 heavy (non-hydrogen) atoms. The maximum absolute atomic E-state index is 12.6. The van der Waals surface area contributed by atoms with Crippen LogP contribution in [-0.2, 0) is 4.79 Å². The van der Waals surface area contributed by atoms with Gasteiger partial charge >= 0.3 is 0 Å². The van der Waals surface area contributed by atoms with Gasteiger partial charge in [0.1, 0.15) is 5.75 Å². The van der Waals surface area contributed by atoms with Gasteiger partial charge < -0.3 is 14.5 Å². The first-order chi connectivity index (χ1) is 11.8. The van der Waals surface area contributed by atoms with Crippen LogP contribution in [0.15, 0.2) is 30.3 Å². The van der Waals surface area contributed by atoms with E-state index in [9.17, 15) is 4.79 Å². The first-order valence-corrected chi connectivity index (χ1v) is 9.11. The van der Waals surface area contributed by atoms with Crippen molar-refractivity contribution in [1.29, 1.82) is 0 Å². The Morgan fingerprint density at radius 2 is 1.88 bits per heavy atom. The topological polar surface area (TPSA) is 32.8 Å². The van der Waals surface area contributed by atoms with E-state index in [2.05, 4.69) is 9.80 Å². The highest BCUT2D eigenvalue weighted by Crippen LogP contribution is 2.21. The van der Waals surface area contributed by atoms with Crippen LogP contribution in [-0.4, -0.2) is 55.0 Å². The lowest BCUT2D eigenvalue weighted by atomic mass is 10.1. The number of hydrogen-bond acceptors (Lipinski definition) is 3. The van der Waals surface area contributed by atoms with Gasteiger partial charge in [-0.05, 0) is 62.5 Å². The third kappa shape index (κ3) is 4.38. The molecule has 0 spiro atoms. The van der Waals surface area contributed by atoms with Gasteiger partial charge in [0.05, 0.1) is 7.11 Å². The van der Waals surface area contributed by atoms with Gasteiger partial charge in [0.2, 0.25) is 5.91 Å². The number of rotatable bonds is 5. The molecule has 2 aliphatic heterocycles. The molecule has 1 aromatic carbocycles. The van der Waals surface area contributed by atoms with E-state index in [0.29, 0.717) is 6.04 Å². The average Bonchev–Trinajstić information content (AvgIpc) is 3.09. The van der Waals surface area contributed by atoms with Crippen molar-refractivity contribution in [3.8, 4) is 5.75 Å². The molecular formula is C20H28N2O2. The molecule has 130 valence electrons. The largest absolute Gasteiger partial charge is 0.497 e. The highest BCUT2D eigenvalue weighted by molar-refractivity contribution is 5.92. The molecule has 4 heteroatoms. The van der Waals surface area contributed by atoms with E-state index in [1.165, 1.54) is 32.4 Å². The third-order valence-corrected chi connectivity index (χ3v) is 5.11. The summed E-state index contributed by atoms with van der Waals surface area (Å²) in [5.74, 6) is 0.977. The second-order valence-electron chi connectivity index (χ2n) is 6.80. The van der Waals surface area contributed by atoms with Crippen molar-refractivity contribution in [1.82, 2.24) is 9.80 Å². The zero-order valence-corrected chi connectivity index (χ0v) is 14.6. The smallest absolute Gasteiger partial charge is 0.246 e. The molecule has 1 aromatic rings. The lowest BCUT2D eigenvalue weighted by molar-refractivity contribution is -0.127. The standard InChI is InChI=1S/C20H28N2O2/c1-24-19-10-7-17(8-11-19)9-12-20(23)22-15-5-6-18(22)16-21-13-3-2-4-14-21/h7-12,18H,2-6,13-16H2,1H3. The quantitative estimate of drug-likeness (QED) is 0.778. The molecule has 4 nitrogen and oxygen atoms in total. The predicted octanol–water partition coefficient (Wildman–Crippen LogP) is 3.19. The zero-order valence-electron chi connectivity index (χ0n) is 14.6. The van der Waals surface area contributed by atoms with Crippen LogP contribution in [0.2, 0.25) is 0 Å². The number of hydrogen-bond donors (Lipinski definition) is 0. The molecule has 2 saturated heterocycles. The number of carbonyl (C=O) groups excluding carboxylic acids is 1. The van der Waals surface area contributed by atoms with Crippen molar-refractivity contribution < 1.29 is 9.53 Å². The van der Waals surface area contributed by atoms with Crippen LogP contribution in [0.25, 0.3) is 6.08 Å². The van der Waals surface area contributed by atoms with Crippen LogP contribution < -0.4 is 4.74 Å². The number of amides is 1. The number of piperidine rings is 1. The molecule has 0 aliphatic carbocycles. The Kier molecular flexibility index (Phi) is 5.91. The van der Waals surface area contributed by atoms with E-state index >= 15 is 0 Å². The van der Waals surface area contributed by atoms with E-state index in [4.69, 9.17) is 4.74 Å². The Hall–Kier alpha value is -1.81. The average molecular weight is 328 g/mol. The summed E-state index contributed by atoms with van der Waals surface area (Å²) in [4.78, 5) is 17.2. The maximum Gasteiger partial charge on any atom is 0.246 e. The summed E-state index contributed by atoms with van der Waals surface area (Å²) in [6.07, 6.45) is 9.85. The Balaban J connectivity index is 1.56. The molecule has 1 unspecified atom stereocenters. The van der Waals surface area contributed by atoms with E-state index in [1.807, 2.05) is 30.3 Å². The molecule has 0 N–H and O–H groups in total. The van der Waals surface area contributed by atoms with E-state index < -0.39 is 0 Å². The molecule has 2 heterocycles. The number of carbonyl (C=O) groups is 1. The second-order valence-corrected chi connectivity index (χ2v) is 6.80. The summed E-state index contributed by atoms with van der Waals surface area (Å²) < 4.78 is 5.16. The number of nitrogens with zero attached hydrogens (tertiary/aromatic N) is 2. The lowest BCUT2D eigenvalue weighted by Gasteiger charge is -2.32. The van der Waals surface area contributed by atoms with E-state index in [0.717, 1.165) is 37.2 Å². The number of likely N-dealkylation sites (tertiary alicyclic amines) is 2. The summed E-state index contributed by atoms with van der Waals surface area (Å²) >= 11 is 0. The predicted molar refractivity (Wildman–Crippen MR) is 97.1 cm³/mol. The minimum atomic E-state index is 0.144. The van der Waals surface area contributed by atoms with Gasteiger partial charge in [-0.15, -0.1) is 0 Å². The number of benzene rings is 1. The zero-order chi connectivity index (χ0) is 16.8. The van der Waals surface area contributed by atoms with Gasteiger partial charge in [0.15, 0.2) is 0 Å². The Morgan fingerprint density at radius 3 is 2.58 bits per heavy atom. The fourth-order valence-electron chi connectivity index (χ4n) is 3.73. The number of ether oxygens (including phenoxy) is 1. The molecule has 0 radical (unpaired) electrons. The highest BCUT2D eigenvalue weighted by atomic mass is 16.5. The molecule has 2 fully saturated rings. The van der Waals surface area contributed by atoms with Crippen molar-refractivity contribution >= 4 is 12.0 Å². The molecule has 0 aromatic heterocycles. The SMILES string of the molecule is COc1ccc(C=CC(=O)N2CCCC2CN2CCCCC2)cc1. The molecule has 1 atom stereocenters. The van der Waals surface area contributed by atoms with Crippen LogP contribution in [0, 0.1) is 0 Å². The van der Waals surface area contributed by atoms with Gasteiger partial charge in [-0.1, -0.05) is 18.6 Å². The van der Waals surface area contributed by atoms with Gasteiger partial charge in [-0.3, -0.25) is 4.79 Å². The minimum Gasteiger partial charge on any atom is -0.497 e. The van der Waals surface area contributed by atoms with Gasteiger partial charge in [-0.25, -0.2) is 0 Å². The molecular weight excluding hydrogens is 300 g/mol. The molecule has 2 aliphatic rings. The fourth-order valence-corrected chi connectivity index (χ4v) is 3.73. The van der Waals surface area contributed by atoms with Crippen LogP contribution in [0.5, 0.6) is 5.75 Å². The summed E-state index contributed by atoms with van der Waals surface area (Å²) in [6.45, 7) is 4.33. The Bertz CT molecular complexity index is 562. The first-order valence-electron chi connectivity index (χ1n) is 9.11. The Labute approximate surface area is 145 Å². The summed E-state index contributed by atoms with van der Waals surface area (Å²) in [5.41, 5.74) is 1.02. The third-order valence-electron chi connectivity index (χ3n) is 5.11.